The van der Waals surface area contributed by atoms with Gasteiger partial charge in [-0.05, 0) is 0 Å². The van der Waals surface area contributed by atoms with Crippen LogP contribution in [0.5, 0.6) is 0 Å². The van der Waals surface area contributed by atoms with Crippen molar-refractivity contribution in [2.75, 3.05) is 7.05 Å². The summed E-state index contributed by atoms with van der Waals surface area (Å²) in [6.45, 7) is 0. The lowest BCUT2D eigenvalue weighted by molar-refractivity contribution is -0.704. The molecule has 3 saturated heterocycles. The van der Waals surface area contributed by atoms with Crippen LogP contribution < -0.4 is 0 Å². The zero-order valence-corrected chi connectivity index (χ0v) is 4.59. The van der Waals surface area contributed by atoms with Crippen LogP contribution in [0.15, 0.2) is 0 Å². The smallest absolute Gasteiger partial charge is 0.194 e. The molecular formula is C6H10N+. The van der Waals surface area contributed by atoms with Crippen molar-refractivity contribution < 1.29 is 4.48 Å². The van der Waals surface area contributed by atoms with Crippen LogP contribution in [0.4, 0.5) is 0 Å². The fourth-order valence-electron chi connectivity index (χ4n) is 2.80. The minimum Gasteiger partial charge on any atom is -0.299 e. The summed E-state index contributed by atoms with van der Waals surface area (Å²) in [5, 5.41) is 0. The Morgan fingerprint density at radius 1 is 1.29 bits per heavy atom. The molecule has 1 heteroatoms. The zero-order valence-electron chi connectivity index (χ0n) is 4.59. The Balaban J connectivity index is 2.17. The minimum absolute atomic E-state index is 1.16. The predicted octanol–water partition coefficient (Wildman–Crippen LogP) is 0.360. The second kappa shape index (κ2) is 0.510. The summed E-state index contributed by atoms with van der Waals surface area (Å²) in [5.74, 6) is 0. The zero-order chi connectivity index (χ0) is 4.65. The van der Waals surface area contributed by atoms with E-state index in [1.54, 1.807) is 12.8 Å². The molecule has 7 heavy (non-hydrogen) atoms. The molecule has 0 aromatic heterocycles. The minimum atomic E-state index is 1.16. The highest BCUT2D eigenvalue weighted by molar-refractivity contribution is 5.15. The van der Waals surface area contributed by atoms with Crippen molar-refractivity contribution in [1.82, 2.24) is 0 Å². The summed E-state index contributed by atoms with van der Waals surface area (Å²) in [7, 11) is 2.41. The largest absolute Gasteiger partial charge is 0.299 e. The van der Waals surface area contributed by atoms with Crippen molar-refractivity contribution in [2.45, 2.75) is 31.0 Å². The SMILES string of the molecule is C[N+]12C3CCC1C32. The molecule has 4 aliphatic rings. The van der Waals surface area contributed by atoms with E-state index in [4.69, 9.17) is 0 Å². The number of hydrogen-bond acceptors (Lipinski definition) is 0. The van der Waals surface area contributed by atoms with E-state index in [0.29, 0.717) is 0 Å². The molecule has 0 spiro atoms. The molecule has 0 amide bonds. The number of quaternary nitrogens is 1. The molecule has 1 nitrogen and oxygen atoms in total. The van der Waals surface area contributed by atoms with E-state index in [1.807, 2.05) is 0 Å². The average Bonchev–Trinajstić information content (AvgIpc) is 2.38. The maximum Gasteiger partial charge on any atom is 0.194 e. The number of hydrogen-bond donors (Lipinski definition) is 0. The third-order valence-electron chi connectivity index (χ3n) is 3.44. The van der Waals surface area contributed by atoms with Crippen LogP contribution in [0, 0.1) is 0 Å². The molecule has 2 atom stereocenters. The van der Waals surface area contributed by atoms with E-state index in [0.717, 1.165) is 12.1 Å². The van der Waals surface area contributed by atoms with E-state index in [-0.39, 0.29) is 0 Å². The van der Waals surface area contributed by atoms with Gasteiger partial charge in [0.1, 0.15) is 12.1 Å². The van der Waals surface area contributed by atoms with Gasteiger partial charge in [0.2, 0.25) is 0 Å². The van der Waals surface area contributed by atoms with Gasteiger partial charge in [0.25, 0.3) is 0 Å². The summed E-state index contributed by atoms with van der Waals surface area (Å²) in [6.07, 6.45) is 3.09. The third kappa shape index (κ3) is 0.129. The first kappa shape index (κ1) is 3.08. The summed E-state index contributed by atoms with van der Waals surface area (Å²) in [6, 6.07) is 3.50. The molecule has 4 fully saturated rings. The quantitative estimate of drug-likeness (QED) is 0.302. The van der Waals surface area contributed by atoms with Crippen LogP contribution in [-0.2, 0) is 0 Å². The molecule has 1 aliphatic carbocycles. The van der Waals surface area contributed by atoms with Gasteiger partial charge in [-0.25, -0.2) is 0 Å². The topological polar surface area (TPSA) is 0 Å². The van der Waals surface area contributed by atoms with Gasteiger partial charge < -0.3 is 0 Å². The van der Waals surface area contributed by atoms with Gasteiger partial charge in [0.15, 0.2) is 6.04 Å². The molecule has 0 radical (unpaired) electrons. The van der Waals surface area contributed by atoms with E-state index in [1.165, 1.54) is 10.5 Å². The highest BCUT2D eigenvalue weighted by atomic mass is 15.7. The van der Waals surface area contributed by atoms with Gasteiger partial charge in [0, 0.05) is 12.8 Å². The monoisotopic (exact) mass is 96.1 g/mol. The first-order valence-corrected chi connectivity index (χ1v) is 3.20. The van der Waals surface area contributed by atoms with Gasteiger partial charge in [-0.2, -0.15) is 0 Å². The average molecular weight is 96.2 g/mol. The lowest BCUT2D eigenvalue weighted by Gasteiger charge is -1.95. The first-order valence-electron chi connectivity index (χ1n) is 3.20. The number of rotatable bonds is 0. The second-order valence-electron chi connectivity index (χ2n) is 3.42. The predicted molar refractivity (Wildman–Crippen MR) is 26.8 cm³/mol. The van der Waals surface area contributed by atoms with Gasteiger partial charge in [0.05, 0.1) is 7.05 Å². The molecule has 38 valence electrons. The standard InChI is InChI=1S/C6H10N/c1-7-4-2-3-5(7)6(4)7/h4-6H,2-3H2,1H3/q+1. The lowest BCUT2D eigenvalue weighted by Crippen LogP contribution is -2.14. The van der Waals surface area contributed by atoms with Crippen molar-refractivity contribution in [2.24, 2.45) is 0 Å². The van der Waals surface area contributed by atoms with Crippen LogP contribution in [0.1, 0.15) is 12.8 Å². The Morgan fingerprint density at radius 3 is 1.86 bits per heavy atom. The molecule has 0 aromatic carbocycles. The van der Waals surface area contributed by atoms with Crippen molar-refractivity contribution >= 4 is 0 Å². The lowest BCUT2D eigenvalue weighted by atomic mass is 10.3. The van der Waals surface area contributed by atoms with Gasteiger partial charge in [-0.3, -0.25) is 4.48 Å². The Bertz CT molecular complexity index is 120. The van der Waals surface area contributed by atoms with Gasteiger partial charge >= 0.3 is 0 Å². The van der Waals surface area contributed by atoms with Crippen LogP contribution in [0.2, 0.25) is 0 Å². The summed E-state index contributed by atoms with van der Waals surface area (Å²) >= 11 is 0. The number of piperidine rings is 1. The van der Waals surface area contributed by atoms with E-state index in [2.05, 4.69) is 7.05 Å². The Labute approximate surface area is 43.5 Å². The molecule has 0 N–H and O–H groups in total. The second-order valence-corrected chi connectivity index (χ2v) is 3.42. The van der Waals surface area contributed by atoms with E-state index in [9.17, 15) is 0 Å². The molecule has 2 unspecified atom stereocenters. The Morgan fingerprint density at radius 2 is 1.71 bits per heavy atom. The summed E-state index contributed by atoms with van der Waals surface area (Å²) in [4.78, 5) is 0. The highest BCUT2D eigenvalue weighted by Crippen LogP contribution is 2.69. The molecule has 0 aromatic rings. The van der Waals surface area contributed by atoms with Crippen LogP contribution in [-0.4, -0.2) is 29.7 Å². The van der Waals surface area contributed by atoms with Crippen LogP contribution >= 0.6 is 0 Å². The van der Waals surface area contributed by atoms with Crippen molar-refractivity contribution in [3.8, 4) is 0 Å². The first-order chi connectivity index (χ1) is 3.35. The van der Waals surface area contributed by atoms with Gasteiger partial charge in [-0.1, -0.05) is 0 Å². The van der Waals surface area contributed by atoms with Crippen molar-refractivity contribution in [3.63, 3.8) is 0 Å². The number of likely N-dealkylation sites (N-methyl/N-ethyl adjacent to an activating group) is 1. The molecule has 3 aliphatic heterocycles. The third-order valence-corrected chi connectivity index (χ3v) is 3.44. The van der Waals surface area contributed by atoms with E-state index >= 15 is 0 Å². The maximum atomic E-state index is 2.41. The normalized spacial score (nSPS) is 81.0. The van der Waals surface area contributed by atoms with Crippen LogP contribution in [0.3, 0.4) is 0 Å². The fraction of sp³-hybridized carbons (Fsp3) is 1.00. The summed E-state index contributed by atoms with van der Waals surface area (Å²) in [5.41, 5.74) is 0. The number of fused-ring (bicyclic) bond motifs is 1. The molecule has 1 saturated carbocycles. The maximum absolute atomic E-state index is 2.41. The Kier molecular flexibility index (Phi) is 0.224. The fourth-order valence-corrected chi connectivity index (χ4v) is 2.80. The molecule has 3 heterocycles. The van der Waals surface area contributed by atoms with E-state index < -0.39 is 0 Å². The molecule has 4 rings (SSSR count). The summed E-state index contributed by atoms with van der Waals surface area (Å²) < 4.78 is 1.50. The van der Waals surface area contributed by atoms with Crippen molar-refractivity contribution in [3.05, 3.63) is 0 Å². The molecular weight excluding hydrogens is 86.1 g/mol. The highest BCUT2D eigenvalue weighted by Gasteiger charge is 2.91. The van der Waals surface area contributed by atoms with Crippen LogP contribution in [0.25, 0.3) is 0 Å². The van der Waals surface area contributed by atoms with Gasteiger partial charge in [-0.15, -0.1) is 0 Å². The Hall–Kier alpha value is -0.0400. The molecule has 2 bridgehead atoms. The van der Waals surface area contributed by atoms with Crippen molar-refractivity contribution in [1.29, 1.82) is 0 Å². The number of nitrogens with zero attached hydrogens (tertiary/aromatic N) is 1.